The second-order valence-electron chi connectivity index (χ2n) is 31.4. The lowest BCUT2D eigenvalue weighted by molar-refractivity contribution is -0.334. The Hall–Kier alpha value is -10.4. The lowest BCUT2D eigenvalue weighted by atomic mass is 9.85. The van der Waals surface area contributed by atoms with Crippen LogP contribution < -0.4 is 68.2 Å². The summed E-state index contributed by atoms with van der Waals surface area (Å²) in [5.74, 6) is -16.1. The molecular formula is C82H96Cl2N10O26. The van der Waals surface area contributed by atoms with Gasteiger partial charge in [0.2, 0.25) is 53.4 Å². The van der Waals surface area contributed by atoms with Crippen molar-refractivity contribution in [2.24, 2.45) is 17.4 Å². The molecule has 22 atom stereocenters. The maximum atomic E-state index is 16.5. The summed E-state index contributed by atoms with van der Waals surface area (Å²) in [5, 5.41) is 137. The minimum atomic E-state index is -2.39. The number of hydrogen-bond acceptors (Lipinski definition) is 28. The fourth-order valence-corrected chi connectivity index (χ4v) is 15.9. The number of carboxylic acids is 1. The van der Waals surface area contributed by atoms with Gasteiger partial charge in [-0.25, -0.2) is 4.79 Å². The zero-order valence-electron chi connectivity index (χ0n) is 65.8. The van der Waals surface area contributed by atoms with Crippen molar-refractivity contribution in [3.05, 3.63) is 159 Å². The third kappa shape index (κ3) is 19.5. The van der Waals surface area contributed by atoms with Gasteiger partial charge in [0.05, 0.1) is 53.5 Å². The van der Waals surface area contributed by atoms with E-state index < -0.39 is 261 Å². The number of ether oxygens (including phenoxy) is 8. The molecule has 8 aliphatic rings. The van der Waals surface area contributed by atoms with Gasteiger partial charge in [-0.1, -0.05) is 97.7 Å². The topological polar surface area (TPSA) is 561 Å². The average Bonchev–Trinajstić information content (AvgIpc) is 0.766. The van der Waals surface area contributed by atoms with Gasteiger partial charge in [-0.3, -0.25) is 33.6 Å². The molecule has 14 rings (SSSR count). The zero-order chi connectivity index (χ0) is 86.8. The second kappa shape index (κ2) is 36.9. The van der Waals surface area contributed by atoms with Gasteiger partial charge in [0, 0.05) is 53.2 Å². The summed E-state index contributed by atoms with van der Waals surface area (Å²) < 4.78 is 52.7. The molecule has 0 spiro atoms. The summed E-state index contributed by atoms with van der Waals surface area (Å²) in [7, 11) is 1.48. The molecule has 8 heterocycles. The highest BCUT2D eigenvalue weighted by molar-refractivity contribution is 6.32. The first-order valence-corrected chi connectivity index (χ1v) is 39.3. The van der Waals surface area contributed by atoms with Crippen LogP contribution in [0.5, 0.6) is 46.0 Å². The van der Waals surface area contributed by atoms with Crippen LogP contribution in [-0.2, 0) is 62.0 Å². The molecule has 3 saturated heterocycles. The number of rotatable bonds is 19. The number of carbonyl (C=O) groups is 8. The van der Waals surface area contributed by atoms with Gasteiger partial charge >= 0.3 is 5.97 Å². The molecule has 0 unspecified atom stereocenters. The molecule has 38 heteroatoms. The third-order valence-electron chi connectivity index (χ3n) is 21.8. The number of aliphatic carboxylic acids is 1. The first kappa shape index (κ1) is 88.9. The van der Waals surface area contributed by atoms with Gasteiger partial charge in [0.25, 0.3) is 0 Å². The van der Waals surface area contributed by atoms with Crippen molar-refractivity contribution in [3.8, 4) is 57.1 Å². The standard InChI is InChI=1S/C82H96Cl2N10O26/c1-34(2)22-47(87-7)73(105)93-63-65(100)39-16-19-51(45(83)24-39)115-53-26-41-27-54(69(53)120-80-70(67(102)66(101)55(33-95)117-80)119-58-32-82(6,72(104)36(4)114-58)88-21-11-14-37-12-9-8-10-13-37)116-52-20-17-40(25-46(52)84)68(118-57-31-81(5,86)71(103)35(3)113-57)64-78(110)92-62(79(111)112)44-28-42(96)29-50(98)59(44)43-23-38(15-18-49(43)97)60(75(107)94-64)91-76(108)61(41)90-74(106)48(30-56(85)99)89-77(63)109/h8-20,23-29,34-36,47-48,55,57-58,60-68,70-72,80,87-88,95-98,100-104H,21-22,30-33,86H2,1-7H3,(H2,85,99)(H,89,109)(H,90,106)(H,91,108)(H,92,110)(H,93,105)(H,94,107)(H,111,112)/b14-11+/t35-,36-,47+,48-,55+,57-,58-,60+,61+,62+,63+,64-,65+,66+,67-,68+,70+,71+,72+,80-,81-,82-/m0/s1. The molecule has 6 aromatic rings. The number of benzene rings is 6. The summed E-state index contributed by atoms with van der Waals surface area (Å²) in [6, 6.07) is 9.03. The lowest BCUT2D eigenvalue weighted by Crippen LogP contribution is -2.65. The normalized spacial score (nSPS) is 30.6. The number of primary amides is 1. The molecule has 3 fully saturated rings. The number of halogens is 2. The number of carbonyl (C=O) groups excluding carboxylic acids is 7. The predicted octanol–water partition coefficient (Wildman–Crippen LogP) is 2.69. The van der Waals surface area contributed by atoms with Gasteiger partial charge in [-0.2, -0.15) is 0 Å². The number of hydrogen-bond donors (Lipinski definition) is 20. The molecule has 22 N–H and O–H groups in total. The Bertz CT molecular complexity index is 4890. The van der Waals surface area contributed by atoms with E-state index in [1.807, 2.05) is 56.3 Å². The minimum absolute atomic E-state index is 0.115. The van der Waals surface area contributed by atoms with E-state index in [1.165, 1.54) is 51.2 Å². The number of aliphatic hydroxyl groups is 6. The van der Waals surface area contributed by atoms with Crippen LogP contribution in [-0.4, -0.2) is 222 Å². The number of phenols is 3. The number of nitrogens with two attached hydrogens (primary N) is 2. The molecule has 0 aromatic heterocycles. The van der Waals surface area contributed by atoms with E-state index in [-0.39, 0.29) is 59.2 Å². The van der Waals surface area contributed by atoms with Crippen molar-refractivity contribution in [2.75, 3.05) is 20.2 Å². The highest BCUT2D eigenvalue weighted by Gasteiger charge is 2.53. The highest BCUT2D eigenvalue weighted by atomic mass is 35.5. The maximum Gasteiger partial charge on any atom is 0.330 e. The summed E-state index contributed by atoms with van der Waals surface area (Å²) in [4.78, 5) is 121. The molecule has 8 aliphatic heterocycles. The van der Waals surface area contributed by atoms with E-state index in [1.54, 1.807) is 13.8 Å². The monoisotopic (exact) mass is 1710 g/mol. The first-order valence-electron chi connectivity index (χ1n) is 38.6. The Morgan fingerprint density at radius 2 is 1.29 bits per heavy atom. The SMILES string of the molecule is CN[C@H](CC(C)C)C(=O)N[C@H]1C(=O)N[C@@H](CC(N)=O)C(=O)N[C@H]2C(=O)N[C@H]3C(=O)N[C@H](C(=O)N[C@@H](C(=O)O)c4cc(O)cc(O)c4-c4cc3ccc4O)[C@H](O[C@H]3C[C@](C)(N)[C@H](O)[C@H](C)O3)c3ccc(c(Cl)c3)Oc3cc2cc(c3O[C@@H]2O[C@H](CO)[C@@H](O)[C@H](O)[C@H]2O[C@H]2C[C@](C)(NC/C=C/c3ccccc3)[C@H](O)[C@H](C)O2)Oc2ccc(cc2Cl)[C@H]1O. The second-order valence-corrected chi connectivity index (χ2v) is 32.2. The first-order chi connectivity index (χ1) is 56.8. The number of phenolic OH excluding ortho intramolecular Hbond substituents is 3. The van der Waals surface area contributed by atoms with Crippen LogP contribution in [0.25, 0.3) is 17.2 Å². The van der Waals surface area contributed by atoms with Crippen LogP contribution >= 0.6 is 23.2 Å². The predicted molar refractivity (Wildman–Crippen MR) is 425 cm³/mol. The van der Waals surface area contributed by atoms with Crippen LogP contribution in [0.3, 0.4) is 0 Å². The van der Waals surface area contributed by atoms with Crippen LogP contribution in [0.2, 0.25) is 10.0 Å². The molecule has 0 saturated carbocycles. The fraction of sp³-hybridized carbons (Fsp3) is 0.439. The van der Waals surface area contributed by atoms with Gasteiger partial charge < -0.3 is 143 Å². The number of likely N-dealkylation sites (N-methyl/N-ethyl adjacent to an activating group) is 1. The van der Waals surface area contributed by atoms with Crippen LogP contribution in [0.1, 0.15) is 131 Å². The van der Waals surface area contributed by atoms with E-state index >= 15 is 24.0 Å². The Morgan fingerprint density at radius 3 is 1.92 bits per heavy atom. The zero-order valence-corrected chi connectivity index (χ0v) is 67.3. The number of aromatic hydroxyl groups is 3. The maximum absolute atomic E-state index is 16.5. The van der Waals surface area contributed by atoms with Crippen LogP contribution in [0, 0.1) is 5.92 Å². The Balaban J connectivity index is 1.10. The van der Waals surface area contributed by atoms with Crippen molar-refractivity contribution in [1.82, 2.24) is 42.5 Å². The van der Waals surface area contributed by atoms with Crippen molar-refractivity contribution in [2.45, 2.75) is 201 Å². The average molecular weight is 1710 g/mol. The summed E-state index contributed by atoms with van der Waals surface area (Å²) in [6.07, 6.45) is -19.0. The quantitative estimate of drug-likeness (QED) is 0.0554. The summed E-state index contributed by atoms with van der Waals surface area (Å²) in [5.41, 5.74) is 7.92. The van der Waals surface area contributed by atoms with Crippen LogP contribution in [0.4, 0.5) is 0 Å². The number of carboxylic acid groups (broad SMARTS) is 1. The van der Waals surface area contributed by atoms with E-state index in [9.17, 15) is 65.4 Å². The molecule has 644 valence electrons. The Kier molecular flexibility index (Phi) is 27.4. The van der Waals surface area contributed by atoms with E-state index in [0.717, 1.165) is 54.1 Å². The van der Waals surface area contributed by atoms with Gasteiger partial charge in [-0.15, -0.1) is 0 Å². The van der Waals surface area contributed by atoms with Crippen LogP contribution in [0.15, 0.2) is 115 Å². The molecule has 120 heavy (non-hydrogen) atoms. The third-order valence-corrected chi connectivity index (χ3v) is 22.4. The lowest BCUT2D eigenvalue weighted by Gasteiger charge is -2.48. The summed E-state index contributed by atoms with van der Waals surface area (Å²) in [6.45, 7) is 9.09. The summed E-state index contributed by atoms with van der Waals surface area (Å²) >= 11 is 14.6. The number of amides is 7. The molecule has 0 radical (unpaired) electrons. The van der Waals surface area contributed by atoms with Crippen molar-refractivity contribution in [3.63, 3.8) is 0 Å². The van der Waals surface area contributed by atoms with Crippen molar-refractivity contribution >= 4 is 76.6 Å². The molecule has 0 aliphatic carbocycles. The van der Waals surface area contributed by atoms with E-state index in [2.05, 4.69) is 42.5 Å². The highest BCUT2D eigenvalue weighted by Crippen LogP contribution is 2.51. The van der Waals surface area contributed by atoms with E-state index in [4.69, 9.17) is 72.6 Å². The molecular weight excluding hydrogens is 1610 g/mol. The van der Waals surface area contributed by atoms with Crippen molar-refractivity contribution in [1.29, 1.82) is 0 Å². The number of nitrogens with one attached hydrogen (secondary N) is 8. The van der Waals surface area contributed by atoms with Gasteiger partial charge in [0.1, 0.15) is 89.5 Å². The molecule has 36 nitrogen and oxygen atoms in total. The van der Waals surface area contributed by atoms with E-state index in [0.29, 0.717) is 0 Å². The molecule has 7 amide bonds. The molecule has 11 bridgehead atoms. The Labute approximate surface area is 697 Å². The van der Waals surface area contributed by atoms with Gasteiger partial charge in [-0.05, 0) is 129 Å². The largest absolute Gasteiger partial charge is 0.508 e. The Morgan fingerprint density at radius 1 is 0.675 bits per heavy atom. The fourth-order valence-electron chi connectivity index (χ4n) is 15.5. The molecule has 6 aromatic carbocycles. The number of aliphatic hydroxyl groups excluding tert-OH is 6. The smallest absolute Gasteiger partial charge is 0.330 e. The van der Waals surface area contributed by atoms with Gasteiger partial charge in [0.15, 0.2) is 36.2 Å². The minimum Gasteiger partial charge on any atom is -0.508 e. The number of fused-ring (bicyclic) bond motifs is 15. The van der Waals surface area contributed by atoms with Crippen molar-refractivity contribution < 1.29 is 127 Å².